The highest BCUT2D eigenvalue weighted by Gasteiger charge is 2.38. The maximum Gasteiger partial charge on any atom is 0.261 e. The van der Waals surface area contributed by atoms with Gasteiger partial charge in [-0.25, -0.2) is 8.42 Å². The molecule has 3 rings (SSSR count). The number of halogens is 1. The molecule has 1 aliphatic heterocycles. The predicted molar refractivity (Wildman–Crippen MR) is 111 cm³/mol. The van der Waals surface area contributed by atoms with E-state index in [1.165, 1.54) is 12.1 Å². The monoisotopic (exact) mass is 425 g/mol. The van der Waals surface area contributed by atoms with Gasteiger partial charge >= 0.3 is 0 Å². The molecule has 0 aliphatic carbocycles. The molecule has 0 saturated carbocycles. The van der Waals surface area contributed by atoms with Crippen molar-refractivity contribution >= 4 is 39.7 Å². The lowest BCUT2D eigenvalue weighted by atomic mass is 9.79. The summed E-state index contributed by atoms with van der Waals surface area (Å²) < 4.78 is 32.8. The fraction of sp³-hybridized carbons (Fsp3) is 0.316. The summed E-state index contributed by atoms with van der Waals surface area (Å²) in [6.45, 7) is 1.24. The van der Waals surface area contributed by atoms with Crippen LogP contribution in [0.25, 0.3) is 0 Å². The number of ether oxygens (including phenoxy) is 1. The van der Waals surface area contributed by atoms with E-state index in [9.17, 15) is 13.2 Å². The van der Waals surface area contributed by atoms with Crippen LogP contribution in [0.5, 0.6) is 0 Å². The van der Waals surface area contributed by atoms with E-state index in [2.05, 4.69) is 10.0 Å². The second-order valence-corrected chi connectivity index (χ2v) is 8.23. The quantitative estimate of drug-likeness (QED) is 0.658. The molecule has 152 valence electrons. The van der Waals surface area contributed by atoms with Gasteiger partial charge in [0.25, 0.3) is 10.0 Å². The van der Waals surface area contributed by atoms with Gasteiger partial charge in [0.1, 0.15) is 0 Å². The van der Waals surface area contributed by atoms with Crippen molar-refractivity contribution in [2.75, 3.05) is 29.8 Å². The highest BCUT2D eigenvalue weighted by atomic mass is 35.5. The van der Waals surface area contributed by atoms with Gasteiger partial charge in [-0.1, -0.05) is 24.3 Å². The standard InChI is InChI=1S/C19H23N3O4S.ClH/c20-14-19(9-11-26-12-10-19)18(23)21-15-5-4-6-16(13-15)22-27(24,25)17-7-2-1-3-8-17;/h1-8,13,22H,9-12,14,20H2,(H,21,23);1H. The second-order valence-electron chi connectivity index (χ2n) is 6.55. The third-order valence-electron chi connectivity index (χ3n) is 4.75. The second kappa shape index (κ2) is 9.38. The predicted octanol–water partition coefficient (Wildman–Crippen LogP) is 2.60. The molecule has 0 aromatic heterocycles. The zero-order chi connectivity index (χ0) is 19.3. The van der Waals surface area contributed by atoms with Crippen LogP contribution in [-0.2, 0) is 19.6 Å². The van der Waals surface area contributed by atoms with Crippen molar-refractivity contribution in [2.45, 2.75) is 17.7 Å². The number of rotatable bonds is 6. The van der Waals surface area contributed by atoms with Crippen molar-refractivity contribution in [3.63, 3.8) is 0 Å². The summed E-state index contributed by atoms with van der Waals surface area (Å²) in [5.74, 6) is -0.170. The number of nitrogens with two attached hydrogens (primary N) is 1. The van der Waals surface area contributed by atoms with Crippen LogP contribution in [0.2, 0.25) is 0 Å². The van der Waals surface area contributed by atoms with E-state index in [-0.39, 0.29) is 29.8 Å². The van der Waals surface area contributed by atoms with Crippen molar-refractivity contribution in [3.8, 4) is 0 Å². The zero-order valence-corrected chi connectivity index (χ0v) is 16.9. The third-order valence-corrected chi connectivity index (χ3v) is 6.15. The minimum Gasteiger partial charge on any atom is -0.381 e. The molecule has 4 N–H and O–H groups in total. The highest BCUT2D eigenvalue weighted by Crippen LogP contribution is 2.31. The zero-order valence-electron chi connectivity index (χ0n) is 15.3. The van der Waals surface area contributed by atoms with E-state index in [0.29, 0.717) is 37.4 Å². The molecule has 2 aromatic carbocycles. The van der Waals surface area contributed by atoms with Crippen LogP contribution in [-0.4, -0.2) is 34.1 Å². The first kappa shape index (κ1) is 22.2. The summed E-state index contributed by atoms with van der Waals surface area (Å²) in [5.41, 5.74) is 6.08. The maximum absolute atomic E-state index is 12.8. The Morgan fingerprint density at radius 1 is 1.04 bits per heavy atom. The maximum atomic E-state index is 12.8. The number of amides is 1. The van der Waals surface area contributed by atoms with Crippen LogP contribution < -0.4 is 15.8 Å². The molecule has 0 unspecified atom stereocenters. The molecule has 0 atom stereocenters. The largest absolute Gasteiger partial charge is 0.381 e. The van der Waals surface area contributed by atoms with E-state index in [1.807, 2.05) is 0 Å². The van der Waals surface area contributed by atoms with E-state index >= 15 is 0 Å². The van der Waals surface area contributed by atoms with Crippen LogP contribution in [0.3, 0.4) is 0 Å². The molecule has 1 aliphatic rings. The molecule has 0 radical (unpaired) electrons. The lowest BCUT2D eigenvalue weighted by molar-refractivity contribution is -0.130. The molecule has 0 bridgehead atoms. The first-order valence-electron chi connectivity index (χ1n) is 8.72. The van der Waals surface area contributed by atoms with Gasteiger partial charge in [0.15, 0.2) is 0 Å². The Labute approximate surface area is 171 Å². The van der Waals surface area contributed by atoms with Gasteiger partial charge in [-0.3, -0.25) is 9.52 Å². The number of sulfonamides is 1. The molecule has 1 fully saturated rings. The fourth-order valence-corrected chi connectivity index (χ4v) is 4.09. The number of carbonyl (C=O) groups is 1. The minimum absolute atomic E-state index is 0. The SMILES string of the molecule is Cl.NCC1(C(=O)Nc2cccc(NS(=O)(=O)c3ccccc3)c2)CCOCC1. The van der Waals surface area contributed by atoms with Crippen LogP contribution in [0.15, 0.2) is 59.5 Å². The number of hydrogen-bond donors (Lipinski definition) is 3. The molecule has 2 aromatic rings. The molecule has 28 heavy (non-hydrogen) atoms. The molecule has 7 nitrogen and oxygen atoms in total. The number of nitrogens with one attached hydrogen (secondary N) is 2. The average Bonchev–Trinajstić information content (AvgIpc) is 2.69. The van der Waals surface area contributed by atoms with Gasteiger partial charge in [0, 0.05) is 25.4 Å². The van der Waals surface area contributed by atoms with E-state index in [1.54, 1.807) is 42.5 Å². The van der Waals surface area contributed by atoms with Crippen LogP contribution >= 0.6 is 12.4 Å². The molecule has 1 heterocycles. The highest BCUT2D eigenvalue weighted by molar-refractivity contribution is 7.92. The Morgan fingerprint density at radius 3 is 2.32 bits per heavy atom. The summed E-state index contributed by atoms with van der Waals surface area (Å²) >= 11 is 0. The minimum atomic E-state index is -3.70. The first-order valence-corrected chi connectivity index (χ1v) is 10.2. The third kappa shape index (κ3) is 5.02. The summed E-state index contributed by atoms with van der Waals surface area (Å²) in [5, 5.41) is 2.86. The molecular formula is C19H24ClN3O4S. The van der Waals surface area contributed by atoms with Crippen molar-refractivity contribution in [3.05, 3.63) is 54.6 Å². The lowest BCUT2D eigenvalue weighted by Crippen LogP contribution is -2.46. The van der Waals surface area contributed by atoms with E-state index in [4.69, 9.17) is 10.5 Å². The Hall–Kier alpha value is -2.13. The first-order chi connectivity index (χ1) is 13.0. The van der Waals surface area contributed by atoms with Crippen molar-refractivity contribution < 1.29 is 17.9 Å². The molecule has 1 saturated heterocycles. The normalized spacial score (nSPS) is 15.9. The van der Waals surface area contributed by atoms with Gasteiger partial charge in [-0.2, -0.15) is 0 Å². The van der Waals surface area contributed by atoms with Gasteiger partial charge < -0.3 is 15.8 Å². The van der Waals surface area contributed by atoms with Crippen molar-refractivity contribution in [1.29, 1.82) is 0 Å². The molecular weight excluding hydrogens is 402 g/mol. The molecule has 9 heteroatoms. The summed E-state index contributed by atoms with van der Waals surface area (Å²) in [7, 11) is -3.70. The van der Waals surface area contributed by atoms with Gasteiger partial charge in [0.2, 0.25) is 5.91 Å². The number of hydrogen-bond acceptors (Lipinski definition) is 5. The van der Waals surface area contributed by atoms with Gasteiger partial charge in [-0.15, -0.1) is 12.4 Å². The number of anilines is 2. The van der Waals surface area contributed by atoms with Crippen LogP contribution in [0.1, 0.15) is 12.8 Å². The fourth-order valence-electron chi connectivity index (χ4n) is 3.02. The smallest absolute Gasteiger partial charge is 0.261 e. The molecule has 0 spiro atoms. The Bertz CT molecular complexity index is 900. The van der Waals surface area contributed by atoms with Crippen molar-refractivity contribution in [1.82, 2.24) is 0 Å². The Morgan fingerprint density at radius 2 is 1.68 bits per heavy atom. The van der Waals surface area contributed by atoms with E-state index < -0.39 is 15.4 Å². The van der Waals surface area contributed by atoms with Crippen LogP contribution in [0.4, 0.5) is 11.4 Å². The average molecular weight is 426 g/mol. The lowest BCUT2D eigenvalue weighted by Gasteiger charge is -2.34. The van der Waals surface area contributed by atoms with Gasteiger partial charge in [-0.05, 0) is 43.2 Å². The molecule has 1 amide bonds. The summed E-state index contributed by atoms with van der Waals surface area (Å²) in [6.07, 6.45) is 1.13. The van der Waals surface area contributed by atoms with Crippen LogP contribution in [0, 0.1) is 5.41 Å². The Kier molecular flexibility index (Phi) is 7.42. The van der Waals surface area contributed by atoms with Crippen molar-refractivity contribution in [2.24, 2.45) is 11.1 Å². The van der Waals surface area contributed by atoms with Gasteiger partial charge in [0.05, 0.1) is 16.0 Å². The number of carbonyl (C=O) groups excluding carboxylic acids is 1. The summed E-state index contributed by atoms with van der Waals surface area (Å²) in [4.78, 5) is 12.9. The number of benzene rings is 2. The summed E-state index contributed by atoms with van der Waals surface area (Å²) in [6, 6.07) is 14.7. The van der Waals surface area contributed by atoms with E-state index in [0.717, 1.165) is 0 Å². The topological polar surface area (TPSA) is 111 Å². The Balaban J connectivity index is 0.00000280.